The quantitative estimate of drug-likeness (QED) is 0.762. The molecule has 5 nitrogen and oxygen atoms in total. The molecule has 0 amide bonds. The summed E-state index contributed by atoms with van der Waals surface area (Å²) in [6.45, 7) is 4.11. The van der Waals surface area contributed by atoms with Crippen LogP contribution >= 0.6 is 11.8 Å². The molecule has 0 spiro atoms. The summed E-state index contributed by atoms with van der Waals surface area (Å²) < 4.78 is 10.5. The minimum atomic E-state index is -0.229. The minimum absolute atomic E-state index is 0.0515. The van der Waals surface area contributed by atoms with Crippen LogP contribution in [0.3, 0.4) is 0 Å². The number of nitrogens with zero attached hydrogens (tertiary/aromatic N) is 2. The Bertz CT molecular complexity index is 557. The van der Waals surface area contributed by atoms with E-state index in [1.165, 1.54) is 11.8 Å². The average Bonchev–Trinajstić information content (AvgIpc) is 2.96. The van der Waals surface area contributed by atoms with Gasteiger partial charge in [-0.15, -0.1) is 22.0 Å². The molecule has 20 heavy (non-hydrogen) atoms. The molecule has 0 bridgehead atoms. The molecule has 0 aliphatic heterocycles. The Morgan fingerprint density at radius 1 is 1.35 bits per heavy atom. The van der Waals surface area contributed by atoms with Gasteiger partial charge in [0.15, 0.2) is 0 Å². The maximum Gasteiger partial charge on any atom is 0.315 e. The van der Waals surface area contributed by atoms with E-state index in [0.717, 1.165) is 5.56 Å². The summed E-state index contributed by atoms with van der Waals surface area (Å²) in [7, 11) is 0. The molecule has 0 radical (unpaired) electrons. The van der Waals surface area contributed by atoms with E-state index >= 15 is 0 Å². The Morgan fingerprint density at radius 2 is 2.10 bits per heavy atom. The Balaban J connectivity index is 1.96. The van der Waals surface area contributed by atoms with Gasteiger partial charge in [-0.25, -0.2) is 0 Å². The molecule has 6 heteroatoms. The van der Waals surface area contributed by atoms with E-state index in [1.54, 1.807) is 6.92 Å². The minimum Gasteiger partial charge on any atom is -0.465 e. The SMILES string of the molecule is CCOC(=O)CSC(C)c1nnc(-c2ccccc2)o1. The van der Waals surface area contributed by atoms with Crippen LogP contribution in [-0.2, 0) is 9.53 Å². The van der Waals surface area contributed by atoms with Crippen molar-refractivity contribution in [3.8, 4) is 11.5 Å². The highest BCUT2D eigenvalue weighted by Crippen LogP contribution is 2.29. The molecule has 1 heterocycles. The van der Waals surface area contributed by atoms with Gasteiger partial charge < -0.3 is 9.15 Å². The standard InChI is InChI=1S/C14H16N2O3S/c1-3-18-12(17)9-20-10(2)13-15-16-14(19-13)11-7-5-4-6-8-11/h4-8,10H,3,9H2,1-2H3. The van der Waals surface area contributed by atoms with Gasteiger partial charge in [0.25, 0.3) is 0 Å². The number of carbonyl (C=O) groups excluding carboxylic acids is 1. The van der Waals surface area contributed by atoms with Crippen LogP contribution in [0.1, 0.15) is 25.0 Å². The maximum absolute atomic E-state index is 11.3. The lowest BCUT2D eigenvalue weighted by molar-refractivity contribution is -0.139. The van der Waals surface area contributed by atoms with E-state index in [1.807, 2.05) is 37.3 Å². The highest BCUT2D eigenvalue weighted by Gasteiger charge is 2.17. The first-order valence-corrected chi connectivity index (χ1v) is 7.41. The van der Waals surface area contributed by atoms with Crippen LogP contribution in [-0.4, -0.2) is 28.5 Å². The molecule has 2 rings (SSSR count). The summed E-state index contributed by atoms with van der Waals surface area (Å²) in [6, 6.07) is 9.58. The number of hydrogen-bond acceptors (Lipinski definition) is 6. The van der Waals surface area contributed by atoms with Crippen molar-refractivity contribution in [2.45, 2.75) is 19.1 Å². The van der Waals surface area contributed by atoms with Gasteiger partial charge in [-0.3, -0.25) is 4.79 Å². The number of benzene rings is 1. The van der Waals surface area contributed by atoms with Gasteiger partial charge in [0.2, 0.25) is 11.8 Å². The van der Waals surface area contributed by atoms with E-state index in [4.69, 9.17) is 9.15 Å². The van der Waals surface area contributed by atoms with Gasteiger partial charge in [0, 0.05) is 5.56 Å². The van der Waals surface area contributed by atoms with Crippen LogP contribution in [0.5, 0.6) is 0 Å². The Morgan fingerprint density at radius 3 is 2.80 bits per heavy atom. The lowest BCUT2D eigenvalue weighted by atomic mass is 10.2. The number of rotatable bonds is 6. The molecule has 0 N–H and O–H groups in total. The molecule has 0 aliphatic carbocycles. The normalized spacial score (nSPS) is 12.1. The number of thioether (sulfide) groups is 1. The smallest absolute Gasteiger partial charge is 0.315 e. The molecule has 0 fully saturated rings. The molecule has 1 unspecified atom stereocenters. The Hall–Kier alpha value is -1.82. The first-order valence-electron chi connectivity index (χ1n) is 6.36. The van der Waals surface area contributed by atoms with Gasteiger partial charge in [-0.2, -0.15) is 0 Å². The second-order valence-electron chi connectivity index (χ2n) is 4.07. The monoisotopic (exact) mass is 292 g/mol. The average molecular weight is 292 g/mol. The lowest BCUT2D eigenvalue weighted by Crippen LogP contribution is -2.07. The topological polar surface area (TPSA) is 65.2 Å². The fraction of sp³-hybridized carbons (Fsp3) is 0.357. The van der Waals surface area contributed by atoms with Crippen molar-refractivity contribution in [2.24, 2.45) is 0 Å². The molecule has 0 saturated heterocycles. The Kier molecular flexibility index (Phi) is 5.17. The van der Waals surface area contributed by atoms with E-state index in [9.17, 15) is 4.79 Å². The summed E-state index contributed by atoms with van der Waals surface area (Å²) in [5.74, 6) is 1.05. The van der Waals surface area contributed by atoms with Gasteiger partial charge in [0.1, 0.15) is 0 Å². The molecule has 0 aliphatic rings. The van der Waals surface area contributed by atoms with Crippen LogP contribution in [0.25, 0.3) is 11.5 Å². The van der Waals surface area contributed by atoms with Crippen molar-refractivity contribution in [2.75, 3.05) is 12.4 Å². The molecular formula is C14H16N2O3S. The molecule has 1 aromatic heterocycles. The third-order valence-electron chi connectivity index (χ3n) is 2.57. The van der Waals surface area contributed by atoms with E-state index in [-0.39, 0.29) is 17.0 Å². The highest BCUT2D eigenvalue weighted by molar-refractivity contribution is 8.00. The number of hydrogen-bond donors (Lipinski definition) is 0. The number of carbonyl (C=O) groups is 1. The van der Waals surface area contributed by atoms with Gasteiger partial charge in [0.05, 0.1) is 17.6 Å². The maximum atomic E-state index is 11.3. The van der Waals surface area contributed by atoms with Crippen molar-refractivity contribution in [3.63, 3.8) is 0 Å². The van der Waals surface area contributed by atoms with Crippen LogP contribution < -0.4 is 0 Å². The third-order valence-corrected chi connectivity index (χ3v) is 3.67. The molecule has 0 saturated carbocycles. The van der Waals surface area contributed by atoms with E-state index < -0.39 is 0 Å². The second-order valence-corrected chi connectivity index (χ2v) is 5.40. The van der Waals surface area contributed by atoms with Crippen LogP contribution in [0.2, 0.25) is 0 Å². The molecule has 2 aromatic rings. The van der Waals surface area contributed by atoms with Gasteiger partial charge >= 0.3 is 5.97 Å². The summed E-state index contributed by atoms with van der Waals surface area (Å²) in [5.41, 5.74) is 0.883. The van der Waals surface area contributed by atoms with Gasteiger partial charge in [-0.05, 0) is 26.0 Å². The fourth-order valence-electron chi connectivity index (χ4n) is 1.56. The molecular weight excluding hydrogens is 276 g/mol. The predicted molar refractivity (Wildman–Crippen MR) is 77.2 cm³/mol. The van der Waals surface area contributed by atoms with E-state index in [0.29, 0.717) is 18.4 Å². The summed E-state index contributed by atoms with van der Waals surface area (Å²) in [6.07, 6.45) is 0. The third kappa shape index (κ3) is 3.84. The predicted octanol–water partition coefficient (Wildman–Crippen LogP) is 3.09. The fourth-order valence-corrected chi connectivity index (χ4v) is 2.27. The Labute approximate surface area is 121 Å². The van der Waals surface area contributed by atoms with Gasteiger partial charge in [-0.1, -0.05) is 18.2 Å². The zero-order valence-electron chi connectivity index (χ0n) is 11.4. The lowest BCUT2D eigenvalue weighted by Gasteiger charge is -2.05. The number of aromatic nitrogens is 2. The highest BCUT2D eigenvalue weighted by atomic mass is 32.2. The summed E-state index contributed by atoms with van der Waals surface area (Å²) in [5, 5.41) is 8.00. The molecule has 1 aromatic carbocycles. The summed E-state index contributed by atoms with van der Waals surface area (Å²) in [4.78, 5) is 11.3. The zero-order chi connectivity index (χ0) is 14.4. The first-order chi connectivity index (χ1) is 9.70. The first kappa shape index (κ1) is 14.6. The van der Waals surface area contributed by atoms with Crippen LogP contribution in [0, 0.1) is 0 Å². The second kappa shape index (κ2) is 7.09. The molecule has 106 valence electrons. The van der Waals surface area contributed by atoms with Crippen LogP contribution in [0.15, 0.2) is 34.7 Å². The van der Waals surface area contributed by atoms with Crippen molar-refractivity contribution in [3.05, 3.63) is 36.2 Å². The number of ether oxygens (including phenoxy) is 1. The van der Waals surface area contributed by atoms with Crippen molar-refractivity contribution in [1.29, 1.82) is 0 Å². The largest absolute Gasteiger partial charge is 0.465 e. The number of esters is 1. The van der Waals surface area contributed by atoms with Crippen molar-refractivity contribution >= 4 is 17.7 Å². The van der Waals surface area contributed by atoms with Crippen LogP contribution in [0.4, 0.5) is 0 Å². The van der Waals surface area contributed by atoms with E-state index in [2.05, 4.69) is 10.2 Å². The zero-order valence-corrected chi connectivity index (χ0v) is 12.2. The molecule has 1 atom stereocenters. The van der Waals surface area contributed by atoms with Crippen molar-refractivity contribution < 1.29 is 13.9 Å². The summed E-state index contributed by atoms with van der Waals surface area (Å²) >= 11 is 1.42. The van der Waals surface area contributed by atoms with Crippen molar-refractivity contribution in [1.82, 2.24) is 10.2 Å².